The van der Waals surface area contributed by atoms with Crippen LogP contribution in [0, 0.1) is 0 Å². The Labute approximate surface area is 116 Å². The Balaban J connectivity index is 1.83. The largest absolute Gasteiger partial charge is 0.256 e. The summed E-state index contributed by atoms with van der Waals surface area (Å²) in [7, 11) is 0. The minimum atomic E-state index is 0.570. The molecule has 4 nitrogen and oxygen atoms in total. The first-order chi connectivity index (χ1) is 9.35. The summed E-state index contributed by atoms with van der Waals surface area (Å²) in [6.45, 7) is 0.708. The second-order valence-corrected chi connectivity index (χ2v) is 4.75. The summed E-state index contributed by atoms with van der Waals surface area (Å²) >= 11 is 5.69. The number of benzene rings is 1. The smallest absolute Gasteiger partial charge is 0.0839 e. The SMILES string of the molecule is ClCCc1cn(Cc2ccc3ncccc3c2)nn1. The molecule has 96 valence electrons. The van der Waals surface area contributed by atoms with Crippen molar-refractivity contribution in [3.05, 3.63) is 54.0 Å². The van der Waals surface area contributed by atoms with Crippen molar-refractivity contribution in [2.24, 2.45) is 0 Å². The number of nitrogens with zero attached hydrogens (tertiary/aromatic N) is 4. The van der Waals surface area contributed by atoms with E-state index in [4.69, 9.17) is 11.6 Å². The van der Waals surface area contributed by atoms with Crippen molar-refractivity contribution in [1.29, 1.82) is 0 Å². The molecule has 2 heterocycles. The van der Waals surface area contributed by atoms with Gasteiger partial charge in [0.25, 0.3) is 0 Å². The van der Waals surface area contributed by atoms with Gasteiger partial charge in [0, 0.05) is 30.1 Å². The standard InChI is InChI=1S/C14H13ClN4/c15-6-5-13-10-19(18-17-13)9-11-3-4-14-12(8-11)2-1-7-16-14/h1-4,7-8,10H,5-6,9H2. The average Bonchev–Trinajstić information content (AvgIpc) is 2.86. The van der Waals surface area contributed by atoms with E-state index in [1.54, 1.807) is 6.20 Å². The molecular formula is C14H13ClN4. The fourth-order valence-corrected chi connectivity index (χ4v) is 2.23. The summed E-state index contributed by atoms with van der Waals surface area (Å²) in [5.41, 5.74) is 3.12. The molecular weight excluding hydrogens is 260 g/mol. The molecule has 1 aromatic carbocycles. The van der Waals surface area contributed by atoms with Gasteiger partial charge in [-0.1, -0.05) is 17.3 Å². The monoisotopic (exact) mass is 272 g/mol. The lowest BCUT2D eigenvalue weighted by Gasteiger charge is -2.02. The van der Waals surface area contributed by atoms with E-state index < -0.39 is 0 Å². The molecule has 0 atom stereocenters. The van der Waals surface area contributed by atoms with Crippen LogP contribution in [0.15, 0.2) is 42.7 Å². The Morgan fingerprint density at radius 2 is 2.16 bits per heavy atom. The van der Waals surface area contributed by atoms with Crippen LogP contribution in [0.4, 0.5) is 0 Å². The van der Waals surface area contributed by atoms with Crippen molar-refractivity contribution in [3.63, 3.8) is 0 Å². The van der Waals surface area contributed by atoms with Crippen LogP contribution in [0.5, 0.6) is 0 Å². The zero-order chi connectivity index (χ0) is 13.1. The van der Waals surface area contributed by atoms with Crippen LogP contribution in [0.3, 0.4) is 0 Å². The van der Waals surface area contributed by atoms with E-state index in [0.29, 0.717) is 12.4 Å². The fourth-order valence-electron chi connectivity index (χ4n) is 2.04. The topological polar surface area (TPSA) is 43.6 Å². The Bertz CT molecular complexity index is 692. The molecule has 0 fully saturated rings. The predicted molar refractivity (Wildman–Crippen MR) is 75.3 cm³/mol. The van der Waals surface area contributed by atoms with Crippen molar-refractivity contribution >= 4 is 22.5 Å². The minimum Gasteiger partial charge on any atom is -0.256 e. The second-order valence-electron chi connectivity index (χ2n) is 4.38. The summed E-state index contributed by atoms with van der Waals surface area (Å²) in [6.07, 6.45) is 4.50. The first-order valence-corrected chi connectivity index (χ1v) is 6.67. The maximum atomic E-state index is 5.69. The zero-order valence-corrected chi connectivity index (χ0v) is 11.1. The van der Waals surface area contributed by atoms with Crippen molar-refractivity contribution in [2.75, 3.05) is 5.88 Å². The highest BCUT2D eigenvalue weighted by Crippen LogP contribution is 2.14. The van der Waals surface area contributed by atoms with Crippen molar-refractivity contribution < 1.29 is 0 Å². The molecule has 2 aromatic heterocycles. The summed E-state index contributed by atoms with van der Waals surface area (Å²) in [6, 6.07) is 10.2. The number of pyridine rings is 1. The van der Waals surface area contributed by atoms with E-state index in [-0.39, 0.29) is 0 Å². The molecule has 0 amide bonds. The Hall–Kier alpha value is -1.94. The molecule has 0 radical (unpaired) electrons. The number of fused-ring (bicyclic) bond motifs is 1. The molecule has 3 aromatic rings. The maximum Gasteiger partial charge on any atom is 0.0839 e. The van der Waals surface area contributed by atoms with Gasteiger partial charge in [0.2, 0.25) is 0 Å². The molecule has 0 aliphatic carbocycles. The summed E-state index contributed by atoms with van der Waals surface area (Å²) < 4.78 is 1.83. The van der Waals surface area contributed by atoms with Gasteiger partial charge in [-0.25, -0.2) is 4.68 Å². The maximum absolute atomic E-state index is 5.69. The minimum absolute atomic E-state index is 0.570. The van der Waals surface area contributed by atoms with Crippen molar-refractivity contribution in [1.82, 2.24) is 20.0 Å². The van der Waals surface area contributed by atoms with Gasteiger partial charge in [0.05, 0.1) is 17.8 Å². The van der Waals surface area contributed by atoms with Crippen LogP contribution < -0.4 is 0 Å². The normalized spacial score (nSPS) is 11.0. The van der Waals surface area contributed by atoms with Crippen LogP contribution in [0.25, 0.3) is 10.9 Å². The molecule has 0 saturated heterocycles. The zero-order valence-electron chi connectivity index (χ0n) is 10.3. The van der Waals surface area contributed by atoms with Gasteiger partial charge in [-0.2, -0.15) is 0 Å². The average molecular weight is 273 g/mol. The van der Waals surface area contributed by atoms with E-state index in [1.165, 1.54) is 5.56 Å². The quantitative estimate of drug-likeness (QED) is 0.686. The van der Waals surface area contributed by atoms with Gasteiger partial charge >= 0.3 is 0 Å². The number of rotatable bonds is 4. The number of hydrogen-bond donors (Lipinski definition) is 0. The molecule has 0 N–H and O–H groups in total. The number of aryl methyl sites for hydroxylation is 1. The highest BCUT2D eigenvalue weighted by molar-refractivity contribution is 6.17. The predicted octanol–water partition coefficient (Wildman–Crippen LogP) is 2.66. The van der Waals surface area contributed by atoms with E-state index >= 15 is 0 Å². The van der Waals surface area contributed by atoms with Gasteiger partial charge < -0.3 is 0 Å². The first kappa shape index (κ1) is 12.1. The summed E-state index contributed by atoms with van der Waals surface area (Å²) in [4.78, 5) is 4.31. The molecule has 0 spiro atoms. The van der Waals surface area contributed by atoms with Crippen LogP contribution in [0.2, 0.25) is 0 Å². The van der Waals surface area contributed by atoms with Gasteiger partial charge in [0.1, 0.15) is 0 Å². The third-order valence-electron chi connectivity index (χ3n) is 2.95. The highest BCUT2D eigenvalue weighted by atomic mass is 35.5. The van der Waals surface area contributed by atoms with E-state index in [2.05, 4.69) is 33.5 Å². The molecule has 0 aliphatic rings. The lowest BCUT2D eigenvalue weighted by molar-refractivity contribution is 0.649. The number of aromatic nitrogens is 4. The van der Waals surface area contributed by atoms with Crippen LogP contribution in [-0.4, -0.2) is 25.9 Å². The third-order valence-corrected chi connectivity index (χ3v) is 3.14. The molecule has 0 aliphatic heterocycles. The van der Waals surface area contributed by atoms with Gasteiger partial charge in [-0.15, -0.1) is 16.7 Å². The Morgan fingerprint density at radius 1 is 1.21 bits per heavy atom. The molecule has 5 heteroatoms. The molecule has 0 unspecified atom stereocenters. The highest BCUT2D eigenvalue weighted by Gasteiger charge is 2.02. The number of halogens is 1. The number of hydrogen-bond acceptors (Lipinski definition) is 3. The number of alkyl halides is 1. The lowest BCUT2D eigenvalue weighted by Crippen LogP contribution is -2.00. The van der Waals surface area contributed by atoms with Gasteiger partial charge in [0.15, 0.2) is 0 Å². The van der Waals surface area contributed by atoms with Gasteiger partial charge in [-0.05, 0) is 23.8 Å². The van der Waals surface area contributed by atoms with Crippen LogP contribution >= 0.6 is 11.6 Å². The lowest BCUT2D eigenvalue weighted by atomic mass is 10.1. The van der Waals surface area contributed by atoms with E-state index in [0.717, 1.165) is 23.0 Å². The third kappa shape index (κ3) is 2.74. The first-order valence-electron chi connectivity index (χ1n) is 6.14. The van der Waals surface area contributed by atoms with Crippen molar-refractivity contribution in [3.8, 4) is 0 Å². The summed E-state index contributed by atoms with van der Waals surface area (Å²) in [5, 5.41) is 9.32. The van der Waals surface area contributed by atoms with E-state index in [9.17, 15) is 0 Å². The van der Waals surface area contributed by atoms with Crippen LogP contribution in [-0.2, 0) is 13.0 Å². The van der Waals surface area contributed by atoms with Crippen LogP contribution in [0.1, 0.15) is 11.3 Å². The Kier molecular flexibility index (Phi) is 3.42. The summed E-state index contributed by atoms with van der Waals surface area (Å²) in [5.74, 6) is 0.570. The van der Waals surface area contributed by atoms with Gasteiger partial charge in [-0.3, -0.25) is 4.98 Å². The fraction of sp³-hybridized carbons (Fsp3) is 0.214. The molecule has 0 saturated carbocycles. The second kappa shape index (κ2) is 5.36. The molecule has 3 rings (SSSR count). The Morgan fingerprint density at radius 3 is 3.05 bits per heavy atom. The molecule has 0 bridgehead atoms. The van der Waals surface area contributed by atoms with Crippen molar-refractivity contribution in [2.45, 2.75) is 13.0 Å². The van der Waals surface area contributed by atoms with E-state index in [1.807, 2.05) is 23.0 Å². The molecule has 19 heavy (non-hydrogen) atoms.